The van der Waals surface area contributed by atoms with Crippen LogP contribution >= 0.6 is 0 Å². The van der Waals surface area contributed by atoms with E-state index in [2.05, 4.69) is 10.3 Å². The molecule has 1 aliphatic rings. The van der Waals surface area contributed by atoms with Crippen LogP contribution in [0, 0.1) is 12.3 Å². The van der Waals surface area contributed by atoms with Crippen LogP contribution in [0.1, 0.15) is 33.1 Å². The van der Waals surface area contributed by atoms with Crippen LogP contribution in [-0.2, 0) is 24.4 Å². The maximum absolute atomic E-state index is 12.8. The molecule has 2 heterocycles. The van der Waals surface area contributed by atoms with Gasteiger partial charge in [-0.15, -0.1) is 0 Å². The number of nitrogens with zero attached hydrogens (tertiary/aromatic N) is 2. The minimum Gasteiger partial charge on any atom is -0.369 e. The molecule has 9 nitrogen and oxygen atoms in total. The highest BCUT2D eigenvalue weighted by Crippen LogP contribution is 2.22. The third-order valence-corrected chi connectivity index (χ3v) is 6.61. The second kappa shape index (κ2) is 9.24. The van der Waals surface area contributed by atoms with E-state index in [-0.39, 0.29) is 18.0 Å². The van der Waals surface area contributed by atoms with Crippen molar-refractivity contribution in [1.82, 2.24) is 14.6 Å². The van der Waals surface area contributed by atoms with E-state index in [4.69, 9.17) is 5.73 Å². The molecule has 0 saturated carbocycles. The minimum atomic E-state index is -3.92. The Bertz CT molecular complexity index is 828. The predicted molar refractivity (Wildman–Crippen MR) is 101 cm³/mol. The van der Waals surface area contributed by atoms with Crippen molar-refractivity contribution in [3.63, 3.8) is 0 Å². The number of carbonyl (C=O) groups excluding carboxylic acids is 3. The van der Waals surface area contributed by atoms with Crippen molar-refractivity contribution < 1.29 is 22.8 Å². The number of amides is 2. The number of Topliss-reactive ketones (excluding diaryl/α,β-unsaturated/α-hetero) is 1. The van der Waals surface area contributed by atoms with Gasteiger partial charge in [0.1, 0.15) is 0 Å². The number of sulfonamides is 1. The van der Waals surface area contributed by atoms with E-state index in [1.807, 2.05) is 0 Å². The zero-order valence-electron chi connectivity index (χ0n) is 15.9. The first kappa shape index (κ1) is 22.0. The van der Waals surface area contributed by atoms with E-state index in [0.29, 0.717) is 12.8 Å². The summed E-state index contributed by atoms with van der Waals surface area (Å²) in [4.78, 5) is 39.6. The zero-order chi connectivity index (χ0) is 20.9. The van der Waals surface area contributed by atoms with Crippen molar-refractivity contribution in [2.45, 2.75) is 50.2 Å². The lowest BCUT2D eigenvalue weighted by Crippen LogP contribution is -2.45. The number of pyridine rings is 1. The SMILES string of the molecule is CC(C[CH]C(=O)NC1CC[C@H](C)N(S(=O)(=O)c2ccccn2)CC1=O)C(N)=O. The summed E-state index contributed by atoms with van der Waals surface area (Å²) in [6.45, 7) is 2.98. The lowest BCUT2D eigenvalue weighted by molar-refractivity contribution is -0.126. The molecule has 28 heavy (non-hydrogen) atoms. The van der Waals surface area contributed by atoms with E-state index in [9.17, 15) is 22.8 Å². The number of hydrogen-bond acceptors (Lipinski definition) is 6. The highest BCUT2D eigenvalue weighted by atomic mass is 32.2. The van der Waals surface area contributed by atoms with E-state index < -0.39 is 45.6 Å². The lowest BCUT2D eigenvalue weighted by Gasteiger charge is -2.24. The quantitative estimate of drug-likeness (QED) is 0.651. The van der Waals surface area contributed by atoms with Gasteiger partial charge in [-0.25, -0.2) is 13.4 Å². The van der Waals surface area contributed by atoms with Crippen LogP contribution in [0.4, 0.5) is 0 Å². The fourth-order valence-corrected chi connectivity index (χ4v) is 4.42. The summed E-state index contributed by atoms with van der Waals surface area (Å²) in [7, 11) is -3.92. The van der Waals surface area contributed by atoms with Gasteiger partial charge < -0.3 is 11.1 Å². The molecule has 3 N–H and O–H groups in total. The first-order chi connectivity index (χ1) is 13.1. The molecular weight excluding hydrogens is 384 g/mol. The molecular formula is C18H25N4O5S. The average Bonchev–Trinajstić information content (AvgIpc) is 2.80. The normalized spacial score (nSPS) is 22.3. The fraction of sp³-hybridized carbons (Fsp3) is 0.500. The van der Waals surface area contributed by atoms with Crippen molar-refractivity contribution in [2.24, 2.45) is 11.7 Å². The number of hydrogen-bond donors (Lipinski definition) is 2. The van der Waals surface area contributed by atoms with Gasteiger partial charge in [0.15, 0.2) is 10.8 Å². The van der Waals surface area contributed by atoms with Gasteiger partial charge in [0.25, 0.3) is 10.0 Å². The van der Waals surface area contributed by atoms with Crippen LogP contribution < -0.4 is 11.1 Å². The first-order valence-corrected chi connectivity index (χ1v) is 10.5. The predicted octanol–water partition coefficient (Wildman–Crippen LogP) is 0.0243. The molecule has 2 rings (SSSR count). The number of nitrogens with two attached hydrogens (primary N) is 1. The van der Waals surface area contributed by atoms with E-state index in [1.165, 1.54) is 18.7 Å². The Balaban J connectivity index is 2.05. The summed E-state index contributed by atoms with van der Waals surface area (Å²) in [5.41, 5.74) is 5.16. The third kappa shape index (κ3) is 5.35. The standard InChI is InChI=1S/C18H25N4O5S/c1-12(18(19)25)6-9-16(24)21-14-8-7-13(2)22(11-15(14)23)28(26,27)17-5-3-4-10-20-17/h3-5,9-10,12-14H,6-8,11H2,1-2H3,(H2,19,25)(H,21,24)/t12?,13-,14?/m0/s1. The van der Waals surface area contributed by atoms with Gasteiger partial charge in [-0.3, -0.25) is 14.4 Å². The fourth-order valence-electron chi connectivity index (χ4n) is 2.86. The van der Waals surface area contributed by atoms with Gasteiger partial charge in [0.2, 0.25) is 11.8 Å². The number of rotatable bonds is 7. The number of nitrogens with one attached hydrogen (secondary N) is 1. The summed E-state index contributed by atoms with van der Waals surface area (Å²) < 4.78 is 26.8. The van der Waals surface area contributed by atoms with Crippen molar-refractivity contribution in [3.05, 3.63) is 30.8 Å². The Kier molecular flexibility index (Phi) is 7.25. The number of primary amides is 1. The molecule has 1 fully saturated rings. The molecule has 2 amide bonds. The Labute approximate surface area is 164 Å². The summed E-state index contributed by atoms with van der Waals surface area (Å²) in [5, 5.41) is 2.48. The monoisotopic (exact) mass is 409 g/mol. The maximum atomic E-state index is 12.8. The van der Waals surface area contributed by atoms with E-state index >= 15 is 0 Å². The molecule has 1 aromatic heterocycles. The summed E-state index contributed by atoms with van der Waals surface area (Å²) in [5.74, 6) is -1.89. The maximum Gasteiger partial charge on any atom is 0.261 e. The van der Waals surface area contributed by atoms with Crippen LogP contribution in [0.3, 0.4) is 0 Å². The Morgan fingerprint density at radius 1 is 1.39 bits per heavy atom. The zero-order valence-corrected chi connectivity index (χ0v) is 16.7. The van der Waals surface area contributed by atoms with Gasteiger partial charge in [-0.1, -0.05) is 13.0 Å². The molecule has 3 atom stereocenters. The Hall–Kier alpha value is -2.33. The van der Waals surface area contributed by atoms with Crippen LogP contribution in [-0.4, -0.2) is 53.9 Å². The highest BCUT2D eigenvalue weighted by molar-refractivity contribution is 7.89. The number of aromatic nitrogens is 1. The van der Waals surface area contributed by atoms with E-state index in [0.717, 1.165) is 4.31 Å². The summed E-state index contributed by atoms with van der Waals surface area (Å²) in [6, 6.07) is 3.34. The molecule has 0 aliphatic carbocycles. The van der Waals surface area contributed by atoms with Gasteiger partial charge in [-0.05, 0) is 38.3 Å². The lowest BCUT2D eigenvalue weighted by atomic mass is 10.0. The van der Waals surface area contributed by atoms with Crippen molar-refractivity contribution in [2.75, 3.05) is 6.54 Å². The molecule has 0 bridgehead atoms. The summed E-state index contributed by atoms with van der Waals surface area (Å²) >= 11 is 0. The largest absolute Gasteiger partial charge is 0.369 e. The van der Waals surface area contributed by atoms with Gasteiger partial charge in [0, 0.05) is 18.2 Å². The molecule has 153 valence electrons. The molecule has 1 saturated heterocycles. The van der Waals surface area contributed by atoms with Gasteiger partial charge in [0.05, 0.1) is 19.0 Å². The minimum absolute atomic E-state index is 0.120. The van der Waals surface area contributed by atoms with Crippen LogP contribution in [0.25, 0.3) is 0 Å². The van der Waals surface area contributed by atoms with Gasteiger partial charge in [-0.2, -0.15) is 4.31 Å². The number of carbonyl (C=O) groups is 3. The second-order valence-corrected chi connectivity index (χ2v) is 8.75. The van der Waals surface area contributed by atoms with Crippen LogP contribution in [0.2, 0.25) is 0 Å². The molecule has 0 spiro atoms. The van der Waals surface area contributed by atoms with Gasteiger partial charge >= 0.3 is 0 Å². The first-order valence-electron chi connectivity index (χ1n) is 9.01. The molecule has 2 unspecified atom stereocenters. The third-order valence-electron chi connectivity index (χ3n) is 4.73. The second-order valence-electron chi connectivity index (χ2n) is 6.92. The molecule has 0 aromatic carbocycles. The van der Waals surface area contributed by atoms with Crippen molar-refractivity contribution in [1.29, 1.82) is 0 Å². The van der Waals surface area contributed by atoms with Crippen LogP contribution in [0.15, 0.2) is 29.4 Å². The van der Waals surface area contributed by atoms with Crippen LogP contribution in [0.5, 0.6) is 0 Å². The van der Waals surface area contributed by atoms with Crippen molar-refractivity contribution in [3.8, 4) is 0 Å². The van der Waals surface area contributed by atoms with E-state index in [1.54, 1.807) is 26.0 Å². The smallest absolute Gasteiger partial charge is 0.261 e. The molecule has 1 aliphatic heterocycles. The molecule has 10 heteroatoms. The van der Waals surface area contributed by atoms with Crippen molar-refractivity contribution >= 4 is 27.6 Å². The topological polar surface area (TPSA) is 140 Å². The summed E-state index contributed by atoms with van der Waals surface area (Å²) in [6.07, 6.45) is 3.54. The number of ketones is 1. The Morgan fingerprint density at radius 2 is 2.11 bits per heavy atom. The highest BCUT2D eigenvalue weighted by Gasteiger charge is 2.37. The molecule has 1 aromatic rings. The average molecular weight is 409 g/mol. The Morgan fingerprint density at radius 3 is 2.71 bits per heavy atom. The molecule has 1 radical (unpaired) electrons.